The highest BCUT2D eigenvalue weighted by molar-refractivity contribution is 5.94. The van der Waals surface area contributed by atoms with Gasteiger partial charge in [0.2, 0.25) is 5.91 Å². The van der Waals surface area contributed by atoms with E-state index in [9.17, 15) is 4.79 Å². The SMILES string of the molecule is C#CC(C(N)=O)(c1ccccc1)c1ccccc1. The van der Waals surface area contributed by atoms with E-state index in [1.54, 1.807) is 0 Å². The van der Waals surface area contributed by atoms with Gasteiger partial charge in [-0.05, 0) is 11.1 Å². The zero-order valence-corrected chi connectivity index (χ0v) is 9.84. The van der Waals surface area contributed by atoms with Crippen molar-refractivity contribution in [3.63, 3.8) is 0 Å². The first-order chi connectivity index (χ1) is 8.71. The monoisotopic (exact) mass is 235 g/mol. The molecule has 0 fully saturated rings. The highest BCUT2D eigenvalue weighted by Gasteiger charge is 2.38. The third-order valence-electron chi connectivity index (χ3n) is 3.00. The summed E-state index contributed by atoms with van der Waals surface area (Å²) in [6.07, 6.45) is 5.62. The number of nitrogens with two attached hydrogens (primary N) is 1. The molecular formula is C16H13NO. The maximum Gasteiger partial charge on any atom is 0.244 e. The van der Waals surface area contributed by atoms with Crippen molar-refractivity contribution in [3.8, 4) is 12.3 Å². The van der Waals surface area contributed by atoms with Gasteiger partial charge in [0.05, 0.1) is 0 Å². The van der Waals surface area contributed by atoms with Crippen molar-refractivity contribution in [1.29, 1.82) is 0 Å². The number of hydrogen-bond acceptors (Lipinski definition) is 1. The van der Waals surface area contributed by atoms with Crippen molar-refractivity contribution < 1.29 is 4.79 Å². The third-order valence-corrected chi connectivity index (χ3v) is 3.00. The molecule has 0 radical (unpaired) electrons. The summed E-state index contributed by atoms with van der Waals surface area (Å²) < 4.78 is 0. The first-order valence-corrected chi connectivity index (χ1v) is 5.60. The Kier molecular flexibility index (Phi) is 3.16. The minimum Gasteiger partial charge on any atom is -0.368 e. The van der Waals surface area contributed by atoms with E-state index in [2.05, 4.69) is 5.92 Å². The lowest BCUT2D eigenvalue weighted by Gasteiger charge is -2.26. The molecule has 0 aliphatic carbocycles. The smallest absolute Gasteiger partial charge is 0.244 e. The number of rotatable bonds is 3. The maximum atomic E-state index is 11.9. The third kappa shape index (κ3) is 1.76. The van der Waals surface area contributed by atoms with E-state index >= 15 is 0 Å². The largest absolute Gasteiger partial charge is 0.368 e. The zero-order chi connectivity index (χ0) is 13.0. The molecule has 0 heterocycles. The quantitative estimate of drug-likeness (QED) is 0.813. The Balaban J connectivity index is 2.71. The average Bonchev–Trinajstić information content (AvgIpc) is 2.42. The molecule has 2 heteroatoms. The molecule has 0 saturated heterocycles. The van der Waals surface area contributed by atoms with Gasteiger partial charge in [-0.2, -0.15) is 0 Å². The molecule has 0 spiro atoms. The standard InChI is InChI=1S/C16H13NO/c1-2-16(15(17)18,13-9-5-3-6-10-13)14-11-7-4-8-12-14/h1,3-12H,(H2,17,18). The number of primary amides is 1. The number of benzene rings is 2. The van der Waals surface area contributed by atoms with Crippen LogP contribution in [0.3, 0.4) is 0 Å². The Bertz CT molecular complexity index is 542. The molecule has 2 aromatic rings. The van der Waals surface area contributed by atoms with Crippen LogP contribution < -0.4 is 5.73 Å². The van der Waals surface area contributed by atoms with Crippen LogP contribution in [0.1, 0.15) is 11.1 Å². The van der Waals surface area contributed by atoms with Crippen LogP contribution in [0.25, 0.3) is 0 Å². The Labute approximate surface area is 106 Å². The van der Waals surface area contributed by atoms with Gasteiger partial charge in [-0.25, -0.2) is 0 Å². The first kappa shape index (κ1) is 11.9. The van der Waals surface area contributed by atoms with E-state index in [0.29, 0.717) is 11.1 Å². The molecule has 0 bridgehead atoms. The van der Waals surface area contributed by atoms with Crippen molar-refractivity contribution in [2.75, 3.05) is 0 Å². The molecule has 0 atom stereocenters. The van der Waals surface area contributed by atoms with Gasteiger partial charge in [0.25, 0.3) is 0 Å². The van der Waals surface area contributed by atoms with Crippen LogP contribution in [0.15, 0.2) is 60.7 Å². The van der Waals surface area contributed by atoms with Crippen molar-refractivity contribution in [2.45, 2.75) is 5.41 Å². The van der Waals surface area contributed by atoms with Crippen LogP contribution in [-0.2, 0) is 10.2 Å². The highest BCUT2D eigenvalue weighted by Crippen LogP contribution is 2.31. The molecule has 2 aromatic carbocycles. The van der Waals surface area contributed by atoms with E-state index < -0.39 is 11.3 Å². The second kappa shape index (κ2) is 4.77. The minimum atomic E-state index is -1.21. The number of carbonyl (C=O) groups excluding carboxylic acids is 1. The van der Waals surface area contributed by atoms with Crippen molar-refractivity contribution in [3.05, 3.63) is 71.8 Å². The van der Waals surface area contributed by atoms with Crippen LogP contribution in [0.5, 0.6) is 0 Å². The van der Waals surface area contributed by atoms with Gasteiger partial charge in [0.1, 0.15) is 0 Å². The van der Waals surface area contributed by atoms with Gasteiger partial charge < -0.3 is 5.73 Å². The van der Waals surface area contributed by atoms with Gasteiger partial charge in [-0.1, -0.05) is 66.6 Å². The molecule has 2 rings (SSSR count). The maximum absolute atomic E-state index is 11.9. The zero-order valence-electron chi connectivity index (χ0n) is 9.84. The Morgan fingerprint density at radius 2 is 1.33 bits per heavy atom. The summed E-state index contributed by atoms with van der Waals surface area (Å²) in [6, 6.07) is 18.4. The molecule has 2 nitrogen and oxygen atoms in total. The Morgan fingerprint density at radius 3 is 1.61 bits per heavy atom. The van der Waals surface area contributed by atoms with Crippen LogP contribution in [0.2, 0.25) is 0 Å². The van der Waals surface area contributed by atoms with Crippen LogP contribution >= 0.6 is 0 Å². The molecule has 0 aliphatic heterocycles. The molecule has 88 valence electrons. The van der Waals surface area contributed by atoms with Gasteiger partial charge in [-0.3, -0.25) is 4.79 Å². The summed E-state index contributed by atoms with van der Waals surface area (Å²) in [5, 5.41) is 0. The summed E-state index contributed by atoms with van der Waals surface area (Å²) in [4.78, 5) is 11.9. The van der Waals surface area contributed by atoms with Crippen molar-refractivity contribution in [2.24, 2.45) is 5.73 Å². The minimum absolute atomic E-state index is 0.539. The fourth-order valence-corrected chi connectivity index (χ4v) is 2.07. The van der Waals surface area contributed by atoms with Crippen molar-refractivity contribution in [1.82, 2.24) is 0 Å². The van der Waals surface area contributed by atoms with Crippen LogP contribution in [-0.4, -0.2) is 5.91 Å². The summed E-state index contributed by atoms with van der Waals surface area (Å²) in [5.74, 6) is 2.03. The lowest BCUT2D eigenvalue weighted by molar-refractivity contribution is -0.120. The van der Waals surface area contributed by atoms with E-state index in [1.165, 1.54) is 0 Å². The number of amides is 1. The predicted octanol–water partition coefficient (Wildman–Crippen LogP) is 2.09. The fraction of sp³-hybridized carbons (Fsp3) is 0.0625. The van der Waals surface area contributed by atoms with Gasteiger partial charge in [-0.15, -0.1) is 6.42 Å². The first-order valence-electron chi connectivity index (χ1n) is 5.60. The molecule has 2 N–H and O–H groups in total. The molecule has 0 aliphatic rings. The fourth-order valence-electron chi connectivity index (χ4n) is 2.07. The van der Waals surface area contributed by atoms with E-state index in [0.717, 1.165) is 0 Å². The van der Waals surface area contributed by atoms with E-state index in [1.807, 2.05) is 60.7 Å². The molecule has 0 aromatic heterocycles. The molecule has 0 unspecified atom stereocenters. The lowest BCUT2D eigenvalue weighted by Crippen LogP contribution is -2.41. The normalized spacial score (nSPS) is 10.6. The van der Waals surface area contributed by atoms with Crippen LogP contribution in [0, 0.1) is 12.3 Å². The van der Waals surface area contributed by atoms with E-state index in [-0.39, 0.29) is 0 Å². The van der Waals surface area contributed by atoms with Gasteiger partial charge in [0.15, 0.2) is 5.41 Å². The Morgan fingerprint density at radius 1 is 0.944 bits per heavy atom. The Hall–Kier alpha value is -2.53. The summed E-state index contributed by atoms with van der Waals surface area (Å²) in [5.41, 5.74) is 5.79. The average molecular weight is 235 g/mol. The molecule has 1 amide bonds. The second-order valence-corrected chi connectivity index (χ2v) is 3.99. The lowest BCUT2D eigenvalue weighted by atomic mass is 9.74. The summed E-state index contributed by atoms with van der Waals surface area (Å²) >= 11 is 0. The second-order valence-electron chi connectivity index (χ2n) is 3.99. The number of hydrogen-bond donors (Lipinski definition) is 1. The number of carbonyl (C=O) groups is 1. The summed E-state index contributed by atoms with van der Waals surface area (Å²) in [7, 11) is 0. The number of terminal acetylenes is 1. The molecule has 0 saturated carbocycles. The molecular weight excluding hydrogens is 222 g/mol. The van der Waals surface area contributed by atoms with E-state index in [4.69, 9.17) is 12.2 Å². The summed E-state index contributed by atoms with van der Waals surface area (Å²) in [6.45, 7) is 0. The predicted molar refractivity (Wildman–Crippen MR) is 71.7 cm³/mol. The topological polar surface area (TPSA) is 43.1 Å². The highest BCUT2D eigenvalue weighted by atomic mass is 16.1. The van der Waals surface area contributed by atoms with Gasteiger partial charge in [0, 0.05) is 0 Å². The van der Waals surface area contributed by atoms with Crippen LogP contribution in [0.4, 0.5) is 0 Å². The van der Waals surface area contributed by atoms with Crippen molar-refractivity contribution >= 4 is 5.91 Å². The van der Waals surface area contributed by atoms with Gasteiger partial charge >= 0.3 is 0 Å². The molecule has 18 heavy (non-hydrogen) atoms.